The Bertz CT molecular complexity index is 902. The lowest BCUT2D eigenvalue weighted by molar-refractivity contribution is 0.0951. The Morgan fingerprint density at radius 3 is 2.21 bits per heavy atom. The molecule has 0 spiro atoms. The third kappa shape index (κ3) is 4.36. The number of carbonyl (C=O) groups is 1. The summed E-state index contributed by atoms with van der Waals surface area (Å²) in [6, 6.07) is 17.5. The van der Waals surface area contributed by atoms with Crippen LogP contribution < -0.4 is 10.2 Å². The Hall–Kier alpha value is -3.21. The van der Waals surface area contributed by atoms with Gasteiger partial charge < -0.3 is 10.2 Å². The molecule has 3 aromatic rings. The molecule has 1 fully saturated rings. The molecule has 2 heterocycles. The summed E-state index contributed by atoms with van der Waals surface area (Å²) in [4.78, 5) is 23.7. The van der Waals surface area contributed by atoms with Gasteiger partial charge in [0.1, 0.15) is 0 Å². The molecule has 0 aliphatic carbocycles. The zero-order valence-corrected chi connectivity index (χ0v) is 15.8. The molecule has 5 nitrogen and oxygen atoms in total. The average Bonchev–Trinajstić information content (AvgIpc) is 2.79. The standard InChI is InChI=1S/C23H24N4O/c28-22(24-15-18-7-3-1-4-8-18)20-11-9-19(10-12-20)21-16-25-23(26-17-21)27-13-5-2-6-14-27/h1,3-4,7-12,16-17H,2,5-6,13-15H2,(H,24,28). The van der Waals surface area contributed by atoms with Gasteiger partial charge >= 0.3 is 0 Å². The van der Waals surface area contributed by atoms with E-state index >= 15 is 0 Å². The van der Waals surface area contributed by atoms with E-state index in [-0.39, 0.29) is 5.91 Å². The van der Waals surface area contributed by atoms with Gasteiger partial charge in [-0.15, -0.1) is 0 Å². The SMILES string of the molecule is O=C(NCc1ccccc1)c1ccc(-c2cnc(N3CCCCC3)nc2)cc1. The summed E-state index contributed by atoms with van der Waals surface area (Å²) in [5.74, 6) is 0.729. The van der Waals surface area contributed by atoms with Crippen LogP contribution in [-0.2, 0) is 6.54 Å². The van der Waals surface area contributed by atoms with Crippen molar-refractivity contribution in [3.8, 4) is 11.1 Å². The van der Waals surface area contributed by atoms with E-state index in [0.717, 1.165) is 35.7 Å². The Morgan fingerprint density at radius 1 is 0.857 bits per heavy atom. The molecule has 4 rings (SSSR count). The molecule has 0 saturated carbocycles. The first-order chi connectivity index (χ1) is 13.8. The number of hydrogen-bond acceptors (Lipinski definition) is 4. The van der Waals surface area contributed by atoms with Gasteiger partial charge in [-0.3, -0.25) is 4.79 Å². The van der Waals surface area contributed by atoms with Crippen LogP contribution in [0, 0.1) is 0 Å². The van der Waals surface area contributed by atoms with Crippen molar-refractivity contribution in [1.29, 1.82) is 0 Å². The summed E-state index contributed by atoms with van der Waals surface area (Å²) in [5, 5.41) is 2.95. The first kappa shape index (κ1) is 18.2. The fourth-order valence-corrected chi connectivity index (χ4v) is 3.42. The predicted molar refractivity (Wildman–Crippen MR) is 111 cm³/mol. The molecular formula is C23H24N4O. The Morgan fingerprint density at radius 2 is 1.54 bits per heavy atom. The lowest BCUT2D eigenvalue weighted by Gasteiger charge is -2.26. The Balaban J connectivity index is 1.39. The minimum Gasteiger partial charge on any atom is -0.348 e. The summed E-state index contributed by atoms with van der Waals surface area (Å²) < 4.78 is 0. The summed E-state index contributed by atoms with van der Waals surface area (Å²) in [7, 11) is 0. The highest BCUT2D eigenvalue weighted by atomic mass is 16.1. The Kier molecular flexibility index (Phi) is 5.61. The van der Waals surface area contributed by atoms with Crippen molar-refractivity contribution < 1.29 is 4.79 Å². The van der Waals surface area contributed by atoms with Crippen LogP contribution in [0.3, 0.4) is 0 Å². The second-order valence-corrected chi connectivity index (χ2v) is 7.07. The van der Waals surface area contributed by atoms with Crippen LogP contribution in [0.1, 0.15) is 35.2 Å². The van der Waals surface area contributed by atoms with Crippen LogP contribution >= 0.6 is 0 Å². The number of nitrogens with one attached hydrogen (secondary N) is 1. The summed E-state index contributed by atoms with van der Waals surface area (Å²) in [5.41, 5.74) is 3.69. The molecule has 142 valence electrons. The molecule has 1 saturated heterocycles. The van der Waals surface area contributed by atoms with Crippen LogP contribution in [-0.4, -0.2) is 29.0 Å². The van der Waals surface area contributed by atoms with Gasteiger partial charge in [-0.2, -0.15) is 0 Å². The van der Waals surface area contributed by atoms with Gasteiger partial charge in [0.15, 0.2) is 0 Å². The van der Waals surface area contributed by atoms with Gasteiger partial charge in [0.25, 0.3) is 5.91 Å². The van der Waals surface area contributed by atoms with Gasteiger partial charge in [0, 0.05) is 43.2 Å². The normalized spacial score (nSPS) is 13.9. The minimum atomic E-state index is -0.0768. The van der Waals surface area contributed by atoms with Crippen LogP contribution in [0.15, 0.2) is 67.0 Å². The van der Waals surface area contributed by atoms with Crippen molar-refractivity contribution in [2.75, 3.05) is 18.0 Å². The van der Waals surface area contributed by atoms with E-state index in [1.807, 2.05) is 67.0 Å². The monoisotopic (exact) mass is 372 g/mol. The molecule has 0 radical (unpaired) electrons. The first-order valence-corrected chi connectivity index (χ1v) is 9.79. The molecule has 1 amide bonds. The molecule has 1 aromatic heterocycles. The second-order valence-electron chi connectivity index (χ2n) is 7.07. The molecule has 28 heavy (non-hydrogen) atoms. The van der Waals surface area contributed by atoms with Gasteiger partial charge in [0.05, 0.1) is 0 Å². The van der Waals surface area contributed by atoms with Crippen LogP contribution in [0.5, 0.6) is 0 Å². The van der Waals surface area contributed by atoms with Gasteiger partial charge in [-0.25, -0.2) is 9.97 Å². The maximum absolute atomic E-state index is 12.3. The quantitative estimate of drug-likeness (QED) is 0.734. The van der Waals surface area contributed by atoms with E-state index < -0.39 is 0 Å². The zero-order valence-electron chi connectivity index (χ0n) is 15.8. The van der Waals surface area contributed by atoms with Crippen LogP contribution in [0.2, 0.25) is 0 Å². The average molecular weight is 372 g/mol. The largest absolute Gasteiger partial charge is 0.348 e. The highest BCUT2D eigenvalue weighted by Gasteiger charge is 2.13. The van der Waals surface area contributed by atoms with E-state index in [0.29, 0.717) is 12.1 Å². The minimum absolute atomic E-state index is 0.0768. The van der Waals surface area contributed by atoms with Crippen molar-refractivity contribution in [3.63, 3.8) is 0 Å². The summed E-state index contributed by atoms with van der Waals surface area (Å²) in [6.45, 7) is 2.59. The molecule has 0 bridgehead atoms. The van der Waals surface area contributed by atoms with Crippen molar-refractivity contribution in [2.24, 2.45) is 0 Å². The molecule has 1 N–H and O–H groups in total. The van der Waals surface area contributed by atoms with Crippen molar-refractivity contribution >= 4 is 11.9 Å². The molecule has 1 aliphatic rings. The highest BCUT2D eigenvalue weighted by Crippen LogP contribution is 2.21. The molecule has 1 aliphatic heterocycles. The van der Waals surface area contributed by atoms with E-state index in [1.165, 1.54) is 19.3 Å². The van der Waals surface area contributed by atoms with Gasteiger partial charge in [0.2, 0.25) is 5.95 Å². The van der Waals surface area contributed by atoms with E-state index in [1.54, 1.807) is 0 Å². The maximum Gasteiger partial charge on any atom is 0.251 e. The third-order valence-electron chi connectivity index (χ3n) is 5.05. The van der Waals surface area contributed by atoms with Gasteiger partial charge in [-0.05, 0) is 42.5 Å². The zero-order chi connectivity index (χ0) is 19.2. The predicted octanol–water partition coefficient (Wildman–Crippen LogP) is 4.06. The number of amides is 1. The lowest BCUT2D eigenvalue weighted by Crippen LogP contribution is -2.30. The molecule has 5 heteroatoms. The highest BCUT2D eigenvalue weighted by molar-refractivity contribution is 5.94. The van der Waals surface area contributed by atoms with Crippen molar-refractivity contribution in [1.82, 2.24) is 15.3 Å². The van der Waals surface area contributed by atoms with Gasteiger partial charge in [-0.1, -0.05) is 42.5 Å². The first-order valence-electron chi connectivity index (χ1n) is 9.79. The third-order valence-corrected chi connectivity index (χ3v) is 5.05. The topological polar surface area (TPSA) is 58.1 Å². The van der Waals surface area contributed by atoms with Crippen molar-refractivity contribution in [2.45, 2.75) is 25.8 Å². The second kappa shape index (κ2) is 8.65. The number of aromatic nitrogens is 2. The smallest absolute Gasteiger partial charge is 0.251 e. The summed E-state index contributed by atoms with van der Waals surface area (Å²) >= 11 is 0. The fourth-order valence-electron chi connectivity index (χ4n) is 3.42. The van der Waals surface area contributed by atoms with Crippen LogP contribution in [0.4, 0.5) is 5.95 Å². The van der Waals surface area contributed by atoms with E-state index in [2.05, 4.69) is 20.2 Å². The number of carbonyl (C=O) groups excluding carboxylic acids is 1. The Labute approximate surface area is 165 Å². The number of anilines is 1. The number of rotatable bonds is 5. The molecule has 0 unspecified atom stereocenters. The number of benzene rings is 2. The fraction of sp³-hybridized carbons (Fsp3) is 0.261. The number of piperidine rings is 1. The maximum atomic E-state index is 12.3. The molecule has 2 aromatic carbocycles. The number of hydrogen-bond donors (Lipinski definition) is 1. The lowest BCUT2D eigenvalue weighted by atomic mass is 10.1. The summed E-state index contributed by atoms with van der Waals surface area (Å²) in [6.07, 6.45) is 7.43. The van der Waals surface area contributed by atoms with Crippen molar-refractivity contribution in [3.05, 3.63) is 78.1 Å². The van der Waals surface area contributed by atoms with E-state index in [4.69, 9.17) is 0 Å². The number of nitrogens with zero attached hydrogens (tertiary/aromatic N) is 3. The molecular weight excluding hydrogens is 348 g/mol. The van der Waals surface area contributed by atoms with E-state index in [9.17, 15) is 4.79 Å². The molecule has 0 atom stereocenters. The van der Waals surface area contributed by atoms with Crippen LogP contribution in [0.25, 0.3) is 11.1 Å².